The number of hydrogen-bond acceptors (Lipinski definition) is 2. The molecule has 1 saturated heterocycles. The van der Waals surface area contributed by atoms with Gasteiger partial charge in [0, 0.05) is 29.7 Å². The number of aryl methyl sites for hydroxylation is 2. The maximum Gasteiger partial charge on any atom is 0.253 e. The summed E-state index contributed by atoms with van der Waals surface area (Å²) in [5, 5.41) is 6.48. The zero-order valence-electron chi connectivity index (χ0n) is 14.6. The van der Waals surface area contributed by atoms with Gasteiger partial charge in [-0.3, -0.25) is 4.79 Å². The lowest BCUT2D eigenvalue weighted by Crippen LogP contribution is -2.37. The van der Waals surface area contributed by atoms with Crippen LogP contribution in [0.25, 0.3) is 5.69 Å². The monoisotopic (exact) mass is 347 g/mol. The molecule has 3 rings (SSSR count). The van der Waals surface area contributed by atoms with Crippen molar-refractivity contribution in [1.82, 2.24) is 15.2 Å². The van der Waals surface area contributed by atoms with E-state index in [1.807, 2.05) is 25.1 Å². The minimum absolute atomic E-state index is 0. The highest BCUT2D eigenvalue weighted by molar-refractivity contribution is 5.96. The van der Waals surface area contributed by atoms with Crippen LogP contribution in [-0.4, -0.2) is 29.6 Å². The molecule has 1 unspecified atom stereocenters. The normalized spacial score (nSPS) is 16.7. The predicted molar refractivity (Wildman–Crippen MR) is 101 cm³/mol. The van der Waals surface area contributed by atoms with Gasteiger partial charge >= 0.3 is 0 Å². The molecule has 0 saturated carbocycles. The summed E-state index contributed by atoms with van der Waals surface area (Å²) in [4.78, 5) is 12.6. The Bertz CT molecular complexity index is 717. The highest BCUT2D eigenvalue weighted by Gasteiger charge is 2.19. The van der Waals surface area contributed by atoms with Crippen molar-refractivity contribution < 1.29 is 4.79 Å². The van der Waals surface area contributed by atoms with E-state index in [0.29, 0.717) is 12.6 Å². The summed E-state index contributed by atoms with van der Waals surface area (Å²) in [6.07, 6.45) is 2.34. The van der Waals surface area contributed by atoms with Crippen molar-refractivity contribution in [3.63, 3.8) is 0 Å². The lowest BCUT2D eigenvalue weighted by Gasteiger charge is -2.13. The van der Waals surface area contributed by atoms with Crippen LogP contribution in [0.3, 0.4) is 0 Å². The van der Waals surface area contributed by atoms with E-state index in [0.717, 1.165) is 35.6 Å². The Morgan fingerprint density at radius 2 is 2.04 bits per heavy atom. The average Bonchev–Trinajstić information content (AvgIpc) is 3.14. The molecule has 1 aromatic heterocycles. The molecule has 0 spiro atoms. The van der Waals surface area contributed by atoms with Crippen LogP contribution in [0.1, 0.15) is 40.2 Å². The molecule has 4 nitrogen and oxygen atoms in total. The molecular formula is C19H26ClN3O. The fourth-order valence-corrected chi connectivity index (χ4v) is 3.42. The number of hydrogen-bond donors (Lipinski definition) is 2. The molecule has 0 aliphatic carbocycles. The van der Waals surface area contributed by atoms with Crippen molar-refractivity contribution in [2.24, 2.45) is 0 Å². The number of nitrogens with zero attached hydrogens (tertiary/aromatic N) is 1. The molecule has 2 N–H and O–H groups in total. The van der Waals surface area contributed by atoms with Crippen molar-refractivity contribution in [3.05, 3.63) is 52.8 Å². The standard InChI is InChI=1S/C19H25N3O.ClH/c1-13-7-4-5-9-18(13)22-14(2)11-17(15(22)3)19(23)21-12-16-8-6-10-20-16;/h4-5,7,9,11,16,20H,6,8,10,12H2,1-3H3,(H,21,23);1H. The molecule has 5 heteroatoms. The maximum absolute atomic E-state index is 12.6. The van der Waals surface area contributed by atoms with Crippen molar-refractivity contribution >= 4 is 18.3 Å². The number of halogens is 1. The number of aromatic nitrogens is 1. The van der Waals surface area contributed by atoms with Gasteiger partial charge in [-0.1, -0.05) is 18.2 Å². The molecule has 24 heavy (non-hydrogen) atoms. The van der Waals surface area contributed by atoms with E-state index in [1.165, 1.54) is 12.0 Å². The summed E-state index contributed by atoms with van der Waals surface area (Å²) in [7, 11) is 0. The second kappa shape index (κ2) is 7.86. The first-order chi connectivity index (χ1) is 11.1. The lowest BCUT2D eigenvalue weighted by molar-refractivity contribution is 0.0949. The van der Waals surface area contributed by atoms with Gasteiger partial charge in [0.1, 0.15) is 0 Å². The second-order valence-electron chi connectivity index (χ2n) is 6.41. The van der Waals surface area contributed by atoms with Gasteiger partial charge < -0.3 is 15.2 Å². The zero-order chi connectivity index (χ0) is 16.4. The van der Waals surface area contributed by atoms with Crippen LogP contribution >= 0.6 is 12.4 Å². The molecule has 0 radical (unpaired) electrons. The van der Waals surface area contributed by atoms with Gasteiger partial charge in [0.2, 0.25) is 0 Å². The summed E-state index contributed by atoms with van der Waals surface area (Å²) in [5.41, 5.74) is 5.19. The number of amides is 1. The van der Waals surface area contributed by atoms with E-state index in [1.54, 1.807) is 0 Å². The van der Waals surface area contributed by atoms with Gasteiger partial charge in [0.25, 0.3) is 5.91 Å². The van der Waals surface area contributed by atoms with Crippen molar-refractivity contribution in [3.8, 4) is 5.69 Å². The van der Waals surface area contributed by atoms with E-state index in [-0.39, 0.29) is 18.3 Å². The van der Waals surface area contributed by atoms with Crippen LogP contribution in [0, 0.1) is 20.8 Å². The molecule has 1 aliphatic heterocycles. The molecule has 1 aromatic carbocycles. The summed E-state index contributed by atoms with van der Waals surface area (Å²) in [5.74, 6) is 0.0200. The summed E-state index contributed by atoms with van der Waals surface area (Å²) >= 11 is 0. The second-order valence-corrected chi connectivity index (χ2v) is 6.41. The van der Waals surface area contributed by atoms with Crippen LogP contribution in [0.15, 0.2) is 30.3 Å². The zero-order valence-corrected chi connectivity index (χ0v) is 15.4. The predicted octanol–water partition coefficient (Wildman–Crippen LogP) is 3.31. The molecular weight excluding hydrogens is 322 g/mol. The van der Waals surface area contributed by atoms with Crippen molar-refractivity contribution in [2.45, 2.75) is 39.7 Å². The Kier molecular flexibility index (Phi) is 6.08. The van der Waals surface area contributed by atoms with E-state index in [9.17, 15) is 4.79 Å². The summed E-state index contributed by atoms with van der Waals surface area (Å²) in [6.45, 7) is 7.92. The quantitative estimate of drug-likeness (QED) is 0.891. The van der Waals surface area contributed by atoms with Gasteiger partial charge in [-0.05, 0) is 57.9 Å². The third-order valence-electron chi connectivity index (χ3n) is 4.70. The van der Waals surface area contributed by atoms with E-state index in [4.69, 9.17) is 0 Å². The van der Waals surface area contributed by atoms with Crippen LogP contribution in [0.4, 0.5) is 0 Å². The van der Waals surface area contributed by atoms with Gasteiger partial charge in [-0.15, -0.1) is 12.4 Å². The molecule has 0 bridgehead atoms. The van der Waals surface area contributed by atoms with Crippen LogP contribution < -0.4 is 10.6 Å². The molecule has 1 atom stereocenters. The number of benzene rings is 1. The van der Waals surface area contributed by atoms with Gasteiger partial charge in [-0.2, -0.15) is 0 Å². The minimum atomic E-state index is 0. The molecule has 1 fully saturated rings. The highest BCUT2D eigenvalue weighted by Crippen LogP contribution is 2.23. The maximum atomic E-state index is 12.6. The fraction of sp³-hybridized carbons (Fsp3) is 0.421. The van der Waals surface area contributed by atoms with Crippen molar-refractivity contribution in [1.29, 1.82) is 0 Å². The number of rotatable bonds is 4. The van der Waals surface area contributed by atoms with Crippen LogP contribution in [0.5, 0.6) is 0 Å². The number of nitrogens with one attached hydrogen (secondary N) is 2. The third-order valence-corrected chi connectivity index (χ3v) is 4.70. The smallest absolute Gasteiger partial charge is 0.253 e. The molecule has 1 aliphatic rings. The lowest BCUT2D eigenvalue weighted by atomic mass is 10.2. The Morgan fingerprint density at radius 1 is 1.29 bits per heavy atom. The van der Waals surface area contributed by atoms with Crippen LogP contribution in [-0.2, 0) is 0 Å². The number of para-hydroxylation sites is 1. The largest absolute Gasteiger partial charge is 0.350 e. The average molecular weight is 348 g/mol. The van der Waals surface area contributed by atoms with Gasteiger partial charge in [0.05, 0.1) is 5.56 Å². The van der Waals surface area contributed by atoms with Crippen molar-refractivity contribution in [2.75, 3.05) is 13.1 Å². The molecule has 1 amide bonds. The summed E-state index contributed by atoms with van der Waals surface area (Å²) < 4.78 is 2.16. The van der Waals surface area contributed by atoms with E-state index < -0.39 is 0 Å². The number of carbonyl (C=O) groups excluding carboxylic acids is 1. The molecule has 2 heterocycles. The minimum Gasteiger partial charge on any atom is -0.350 e. The van der Waals surface area contributed by atoms with E-state index >= 15 is 0 Å². The Morgan fingerprint density at radius 3 is 2.71 bits per heavy atom. The molecule has 2 aromatic rings. The summed E-state index contributed by atoms with van der Waals surface area (Å²) in [6, 6.07) is 10.7. The first-order valence-electron chi connectivity index (χ1n) is 8.34. The fourth-order valence-electron chi connectivity index (χ4n) is 3.42. The first-order valence-corrected chi connectivity index (χ1v) is 8.34. The van der Waals surface area contributed by atoms with Gasteiger partial charge in [0.15, 0.2) is 0 Å². The Balaban J connectivity index is 0.00000208. The first kappa shape index (κ1) is 18.6. The van der Waals surface area contributed by atoms with E-state index in [2.05, 4.69) is 41.2 Å². The molecule has 130 valence electrons. The van der Waals surface area contributed by atoms with Gasteiger partial charge in [-0.25, -0.2) is 0 Å². The highest BCUT2D eigenvalue weighted by atomic mass is 35.5. The number of carbonyl (C=O) groups is 1. The topological polar surface area (TPSA) is 46.1 Å². The Hall–Kier alpha value is -1.78. The third kappa shape index (κ3) is 3.65. The SMILES string of the molecule is Cc1ccccc1-n1c(C)cc(C(=O)NCC2CCCN2)c1C.Cl. The Labute approximate surface area is 150 Å². The van der Waals surface area contributed by atoms with Crippen LogP contribution in [0.2, 0.25) is 0 Å².